The van der Waals surface area contributed by atoms with Gasteiger partial charge in [-0.1, -0.05) is 6.92 Å². The summed E-state index contributed by atoms with van der Waals surface area (Å²) in [4.78, 5) is 12.6. The predicted octanol–water partition coefficient (Wildman–Crippen LogP) is 2.15. The number of aromatic nitrogens is 4. The molecule has 3 aromatic rings. The average molecular weight is 444 g/mol. The molecule has 2 unspecified atom stereocenters. The van der Waals surface area contributed by atoms with Crippen molar-refractivity contribution in [3.8, 4) is 11.8 Å². The first kappa shape index (κ1) is 21.0. The Hall–Kier alpha value is -2.85. The van der Waals surface area contributed by atoms with Gasteiger partial charge in [0.25, 0.3) is 0 Å². The minimum absolute atomic E-state index is 0.0318. The highest BCUT2D eigenvalue weighted by atomic mass is 19.1. The Labute approximate surface area is 184 Å². The molecule has 2 saturated heterocycles. The largest absolute Gasteiger partial charge is 0.467 e. The standard InChI is InChI=1S/C22H26F2N6O2/c1-12-8-28(2)11-17(24)21(12)15-5-18-13(4-16(15)23)7-25-30(18)20-6-19(26-22(27-20)32-3)29-9-14(31)10-29/h4-7,12,14,17,21,31H,8-11H2,1-3H3/t12-,17?,21?/m1/s1. The molecule has 10 heteroatoms. The SMILES string of the molecule is COc1nc(N2CC(O)C2)cc(-n2ncc3cc(F)c(C4C(F)CN(C)C[C@H]4C)cc32)n1. The molecule has 170 valence electrons. The van der Waals surface area contributed by atoms with Crippen molar-refractivity contribution in [1.29, 1.82) is 0 Å². The second-order valence-corrected chi connectivity index (χ2v) is 8.86. The van der Waals surface area contributed by atoms with Crippen molar-refractivity contribution in [2.45, 2.75) is 25.1 Å². The molecule has 1 aromatic carbocycles. The summed E-state index contributed by atoms with van der Waals surface area (Å²) in [6.45, 7) is 3.88. The van der Waals surface area contributed by atoms with Crippen LogP contribution in [0.4, 0.5) is 14.6 Å². The number of hydrogen-bond donors (Lipinski definition) is 1. The molecular formula is C22H26F2N6O2. The maximum absolute atomic E-state index is 15.0. The summed E-state index contributed by atoms with van der Waals surface area (Å²) in [6, 6.07) is 5.02. The monoisotopic (exact) mass is 444 g/mol. The number of aliphatic hydroxyl groups is 1. The molecule has 32 heavy (non-hydrogen) atoms. The molecule has 0 amide bonds. The predicted molar refractivity (Wildman–Crippen MR) is 116 cm³/mol. The number of likely N-dealkylation sites (tertiary alicyclic amines) is 1. The molecule has 1 N–H and O–H groups in total. The molecule has 2 aromatic heterocycles. The maximum Gasteiger partial charge on any atom is 0.320 e. The van der Waals surface area contributed by atoms with Crippen LogP contribution in [0.1, 0.15) is 18.4 Å². The quantitative estimate of drug-likeness (QED) is 0.661. The van der Waals surface area contributed by atoms with Gasteiger partial charge in [0.2, 0.25) is 0 Å². The number of halogens is 2. The lowest BCUT2D eigenvalue weighted by atomic mass is 9.80. The summed E-state index contributed by atoms with van der Waals surface area (Å²) in [7, 11) is 3.36. The van der Waals surface area contributed by atoms with Gasteiger partial charge in [0, 0.05) is 43.5 Å². The zero-order valence-corrected chi connectivity index (χ0v) is 18.2. The number of hydrogen-bond acceptors (Lipinski definition) is 7. The van der Waals surface area contributed by atoms with E-state index in [1.54, 1.807) is 23.0 Å². The molecule has 4 heterocycles. The Bertz CT molecular complexity index is 1140. The Morgan fingerprint density at radius 1 is 1.09 bits per heavy atom. The van der Waals surface area contributed by atoms with Gasteiger partial charge in [0.05, 0.1) is 24.9 Å². The van der Waals surface area contributed by atoms with E-state index in [2.05, 4.69) is 15.1 Å². The van der Waals surface area contributed by atoms with Gasteiger partial charge in [-0.25, -0.2) is 13.5 Å². The zero-order valence-electron chi connectivity index (χ0n) is 18.2. The summed E-state index contributed by atoms with van der Waals surface area (Å²) >= 11 is 0. The molecular weight excluding hydrogens is 418 g/mol. The number of ether oxygens (including phenoxy) is 1. The molecule has 0 saturated carbocycles. The summed E-state index contributed by atoms with van der Waals surface area (Å²) in [5, 5.41) is 14.6. The number of fused-ring (bicyclic) bond motifs is 1. The summed E-state index contributed by atoms with van der Waals surface area (Å²) in [6.07, 6.45) is 0.0192. The summed E-state index contributed by atoms with van der Waals surface area (Å²) in [5.41, 5.74) is 0.995. The Morgan fingerprint density at radius 2 is 1.84 bits per heavy atom. The van der Waals surface area contributed by atoms with Crippen LogP contribution in [0.3, 0.4) is 0 Å². The molecule has 0 spiro atoms. The molecule has 2 aliphatic heterocycles. The van der Waals surface area contributed by atoms with Crippen LogP contribution >= 0.6 is 0 Å². The molecule has 0 bridgehead atoms. The third-order valence-electron chi connectivity index (χ3n) is 6.40. The highest BCUT2D eigenvalue weighted by Crippen LogP contribution is 2.37. The highest BCUT2D eigenvalue weighted by Gasteiger charge is 2.36. The number of rotatable bonds is 4. The summed E-state index contributed by atoms with van der Waals surface area (Å²) < 4.78 is 36.9. The van der Waals surface area contributed by atoms with Crippen molar-refractivity contribution in [3.63, 3.8) is 0 Å². The third-order valence-corrected chi connectivity index (χ3v) is 6.40. The number of aliphatic hydroxyl groups excluding tert-OH is 1. The van der Waals surface area contributed by atoms with Gasteiger partial charge < -0.3 is 19.6 Å². The molecule has 2 aliphatic rings. The highest BCUT2D eigenvalue weighted by molar-refractivity contribution is 5.81. The maximum atomic E-state index is 15.0. The van der Waals surface area contributed by atoms with E-state index in [4.69, 9.17) is 4.74 Å². The molecule has 2 fully saturated rings. The molecule has 0 aliphatic carbocycles. The second kappa shape index (κ2) is 7.93. The van der Waals surface area contributed by atoms with E-state index in [1.165, 1.54) is 13.2 Å². The fraction of sp³-hybridized carbons (Fsp3) is 0.500. The lowest BCUT2D eigenvalue weighted by molar-refractivity contribution is 0.0963. The van der Waals surface area contributed by atoms with E-state index >= 15 is 4.39 Å². The van der Waals surface area contributed by atoms with E-state index in [-0.39, 0.29) is 24.6 Å². The van der Waals surface area contributed by atoms with Crippen molar-refractivity contribution < 1.29 is 18.6 Å². The Balaban J connectivity index is 1.59. The third kappa shape index (κ3) is 3.57. The van der Waals surface area contributed by atoms with E-state index < -0.39 is 17.9 Å². The smallest absolute Gasteiger partial charge is 0.320 e. The van der Waals surface area contributed by atoms with E-state index in [0.29, 0.717) is 47.7 Å². The van der Waals surface area contributed by atoms with Crippen LogP contribution in [0.15, 0.2) is 24.4 Å². The van der Waals surface area contributed by atoms with Crippen LogP contribution < -0.4 is 9.64 Å². The van der Waals surface area contributed by atoms with Crippen LogP contribution in [0.2, 0.25) is 0 Å². The van der Waals surface area contributed by atoms with Crippen molar-refractivity contribution in [2.75, 3.05) is 45.2 Å². The normalized spacial score (nSPS) is 24.7. The van der Waals surface area contributed by atoms with Gasteiger partial charge in [-0.3, -0.25) is 0 Å². The number of β-amino-alcohol motifs (C(OH)–C–C–N with tert-alkyl or cyclic N) is 1. The molecule has 0 radical (unpaired) electrons. The van der Waals surface area contributed by atoms with Gasteiger partial charge in [0.15, 0.2) is 5.82 Å². The fourth-order valence-electron chi connectivity index (χ4n) is 4.85. The lowest BCUT2D eigenvalue weighted by Crippen LogP contribution is -2.51. The number of methoxy groups -OCH3 is 1. The molecule has 3 atom stereocenters. The van der Waals surface area contributed by atoms with Gasteiger partial charge in [-0.2, -0.15) is 15.1 Å². The molecule has 5 rings (SSSR count). The van der Waals surface area contributed by atoms with Crippen molar-refractivity contribution in [1.82, 2.24) is 24.6 Å². The van der Waals surface area contributed by atoms with E-state index in [1.807, 2.05) is 23.8 Å². The van der Waals surface area contributed by atoms with Crippen LogP contribution in [-0.2, 0) is 0 Å². The van der Waals surface area contributed by atoms with Crippen molar-refractivity contribution in [3.05, 3.63) is 35.8 Å². The number of piperidine rings is 1. The first-order valence-corrected chi connectivity index (χ1v) is 10.7. The fourth-order valence-corrected chi connectivity index (χ4v) is 4.85. The van der Waals surface area contributed by atoms with Crippen molar-refractivity contribution in [2.24, 2.45) is 5.92 Å². The zero-order chi connectivity index (χ0) is 22.6. The van der Waals surface area contributed by atoms with Gasteiger partial charge in [-0.05, 0) is 30.7 Å². The first-order chi connectivity index (χ1) is 15.3. The second-order valence-electron chi connectivity index (χ2n) is 8.86. The van der Waals surface area contributed by atoms with Gasteiger partial charge >= 0.3 is 6.01 Å². The Morgan fingerprint density at radius 3 is 2.53 bits per heavy atom. The van der Waals surface area contributed by atoms with Crippen LogP contribution in [0.5, 0.6) is 6.01 Å². The van der Waals surface area contributed by atoms with Crippen LogP contribution in [0, 0.1) is 11.7 Å². The molecule has 8 nitrogen and oxygen atoms in total. The van der Waals surface area contributed by atoms with Crippen LogP contribution in [0.25, 0.3) is 16.7 Å². The number of benzene rings is 1. The number of alkyl halides is 1. The first-order valence-electron chi connectivity index (χ1n) is 10.7. The van der Waals surface area contributed by atoms with E-state index in [9.17, 15) is 9.50 Å². The van der Waals surface area contributed by atoms with Crippen molar-refractivity contribution >= 4 is 16.7 Å². The number of nitrogens with zero attached hydrogens (tertiary/aromatic N) is 6. The van der Waals surface area contributed by atoms with Gasteiger partial charge in [0.1, 0.15) is 17.8 Å². The van der Waals surface area contributed by atoms with Gasteiger partial charge in [-0.15, -0.1) is 0 Å². The minimum atomic E-state index is -1.16. The average Bonchev–Trinajstić information content (AvgIpc) is 3.13. The lowest BCUT2D eigenvalue weighted by Gasteiger charge is -2.37. The summed E-state index contributed by atoms with van der Waals surface area (Å²) in [5.74, 6) is 0.0780. The number of anilines is 1. The van der Waals surface area contributed by atoms with E-state index in [0.717, 1.165) is 0 Å². The van der Waals surface area contributed by atoms with Crippen LogP contribution in [-0.4, -0.2) is 82.4 Å². The minimum Gasteiger partial charge on any atom is -0.467 e. The topological polar surface area (TPSA) is 79.5 Å². The Kier molecular flexibility index (Phi) is 5.21.